The van der Waals surface area contributed by atoms with E-state index < -0.39 is 32.7 Å². The molecular weight excluding hydrogens is 319 g/mol. The fourth-order valence-corrected chi connectivity index (χ4v) is 3.27. The van der Waals surface area contributed by atoms with Gasteiger partial charge in [-0.2, -0.15) is 8.42 Å². The fraction of sp³-hybridized carbons (Fsp3) is 0.417. The summed E-state index contributed by atoms with van der Waals surface area (Å²) in [5, 5.41) is 11.1. The van der Waals surface area contributed by atoms with Gasteiger partial charge in [0.25, 0.3) is 5.69 Å². The van der Waals surface area contributed by atoms with E-state index in [1.54, 1.807) is 0 Å². The van der Waals surface area contributed by atoms with Crippen LogP contribution >= 0.6 is 0 Å². The maximum Gasteiger partial charge on any atom is 0.302 e. The number of hydrogen-bond acceptors (Lipinski definition) is 6. The van der Waals surface area contributed by atoms with E-state index in [0.29, 0.717) is 0 Å². The minimum Gasteiger partial charge on any atom is -0.494 e. The van der Waals surface area contributed by atoms with Crippen LogP contribution in [0.15, 0.2) is 18.2 Å². The van der Waals surface area contributed by atoms with Gasteiger partial charge in [-0.25, -0.2) is 0 Å². The number of nitro benzene ring substituents is 1. The van der Waals surface area contributed by atoms with Crippen molar-refractivity contribution in [2.24, 2.45) is 5.92 Å². The van der Waals surface area contributed by atoms with Crippen LogP contribution in [-0.2, 0) is 15.0 Å². The lowest BCUT2D eigenvalue weighted by atomic mass is 10.1. The third-order valence-electron chi connectivity index (χ3n) is 3.30. The van der Waals surface area contributed by atoms with Crippen molar-refractivity contribution in [3.63, 3.8) is 0 Å². The Labute approximate surface area is 125 Å². The van der Waals surface area contributed by atoms with Crippen LogP contribution in [0.1, 0.15) is 6.42 Å². The van der Waals surface area contributed by atoms with Crippen molar-refractivity contribution in [3.8, 4) is 5.75 Å². The van der Waals surface area contributed by atoms with Crippen LogP contribution in [0.5, 0.6) is 5.75 Å². The van der Waals surface area contributed by atoms with Crippen molar-refractivity contribution in [2.75, 3.05) is 24.3 Å². The lowest BCUT2D eigenvalue weighted by molar-refractivity contribution is -0.384. The van der Waals surface area contributed by atoms with Gasteiger partial charge in [0.2, 0.25) is 5.91 Å². The Morgan fingerprint density at radius 2 is 2.18 bits per heavy atom. The van der Waals surface area contributed by atoms with Gasteiger partial charge in [0.15, 0.2) is 5.69 Å². The molecule has 1 saturated heterocycles. The van der Waals surface area contributed by atoms with Crippen molar-refractivity contribution < 1.29 is 26.8 Å². The highest BCUT2D eigenvalue weighted by Gasteiger charge is 2.38. The molecule has 1 atom stereocenters. The van der Waals surface area contributed by atoms with Gasteiger partial charge in [-0.05, 0) is 6.07 Å². The standard InChI is InChI=1S/C12H13FN2O6S/c1-21-10-4-2-3-9(15(17)18)12(10)14-6-8(5-11(14)16)7-22(13,19)20/h2-4,8H,5-7H2,1H3. The van der Waals surface area contributed by atoms with E-state index in [9.17, 15) is 27.2 Å². The average Bonchev–Trinajstić information content (AvgIpc) is 2.75. The molecule has 10 heteroatoms. The summed E-state index contributed by atoms with van der Waals surface area (Å²) in [6.45, 7) is -0.122. The molecule has 1 aliphatic rings. The van der Waals surface area contributed by atoms with Gasteiger partial charge in [-0.1, -0.05) is 6.07 Å². The zero-order valence-electron chi connectivity index (χ0n) is 11.6. The molecule has 0 aromatic heterocycles. The van der Waals surface area contributed by atoms with Crippen molar-refractivity contribution >= 4 is 27.5 Å². The van der Waals surface area contributed by atoms with Crippen molar-refractivity contribution in [2.45, 2.75) is 6.42 Å². The highest BCUT2D eigenvalue weighted by atomic mass is 32.3. The molecule has 0 aliphatic carbocycles. The van der Waals surface area contributed by atoms with Crippen LogP contribution in [-0.4, -0.2) is 38.7 Å². The van der Waals surface area contributed by atoms with Gasteiger partial charge in [0.1, 0.15) is 5.75 Å². The number of carbonyl (C=O) groups excluding carboxylic acids is 1. The summed E-state index contributed by atoms with van der Waals surface area (Å²) in [6.07, 6.45) is -0.196. The Morgan fingerprint density at radius 1 is 1.50 bits per heavy atom. The molecule has 1 fully saturated rings. The molecule has 120 valence electrons. The molecule has 1 amide bonds. The fourth-order valence-electron chi connectivity index (χ4n) is 2.48. The molecule has 0 bridgehead atoms. The summed E-state index contributed by atoms with van der Waals surface area (Å²) in [5.74, 6) is -1.95. The number of rotatable bonds is 5. The number of carbonyl (C=O) groups is 1. The summed E-state index contributed by atoms with van der Waals surface area (Å²) in [4.78, 5) is 23.6. The molecule has 1 unspecified atom stereocenters. The molecule has 22 heavy (non-hydrogen) atoms. The van der Waals surface area contributed by atoms with E-state index >= 15 is 0 Å². The van der Waals surface area contributed by atoms with Crippen LogP contribution in [0.3, 0.4) is 0 Å². The Hall–Kier alpha value is -2.23. The first kappa shape index (κ1) is 16.1. The molecule has 1 aromatic carbocycles. The lowest BCUT2D eigenvalue weighted by Crippen LogP contribution is -2.26. The number of nitro groups is 1. The minimum atomic E-state index is -4.72. The number of benzene rings is 1. The summed E-state index contributed by atoms with van der Waals surface area (Å²) in [7, 11) is -3.42. The first-order chi connectivity index (χ1) is 10.2. The van der Waals surface area contributed by atoms with Gasteiger partial charge < -0.3 is 9.64 Å². The summed E-state index contributed by atoms with van der Waals surface area (Å²) >= 11 is 0. The Bertz CT molecular complexity index is 720. The van der Waals surface area contributed by atoms with Crippen LogP contribution < -0.4 is 9.64 Å². The van der Waals surface area contributed by atoms with Crippen molar-refractivity contribution in [1.29, 1.82) is 0 Å². The van der Waals surface area contributed by atoms with Gasteiger partial charge in [-0.15, -0.1) is 3.89 Å². The maximum atomic E-state index is 12.8. The average molecular weight is 332 g/mol. The van der Waals surface area contributed by atoms with E-state index in [1.807, 2.05) is 0 Å². The topological polar surface area (TPSA) is 107 Å². The number of anilines is 1. The first-order valence-corrected chi connectivity index (χ1v) is 7.82. The largest absolute Gasteiger partial charge is 0.494 e. The van der Waals surface area contributed by atoms with Gasteiger partial charge in [-0.3, -0.25) is 14.9 Å². The van der Waals surface area contributed by atoms with E-state index in [4.69, 9.17) is 4.74 Å². The number of halogens is 1. The second kappa shape index (κ2) is 5.87. The summed E-state index contributed by atoms with van der Waals surface area (Å²) < 4.78 is 39.2. The molecule has 2 rings (SSSR count). The van der Waals surface area contributed by atoms with Crippen molar-refractivity contribution in [3.05, 3.63) is 28.3 Å². The Kier molecular flexibility index (Phi) is 4.31. The third kappa shape index (κ3) is 3.32. The highest BCUT2D eigenvalue weighted by molar-refractivity contribution is 7.86. The molecule has 0 N–H and O–H groups in total. The smallest absolute Gasteiger partial charge is 0.302 e. The number of nitrogens with zero attached hydrogens (tertiary/aromatic N) is 2. The van der Waals surface area contributed by atoms with E-state index in [1.165, 1.54) is 25.3 Å². The maximum absolute atomic E-state index is 12.8. The second-order valence-corrected chi connectivity index (χ2v) is 6.28. The predicted molar refractivity (Wildman–Crippen MR) is 75.0 cm³/mol. The zero-order valence-corrected chi connectivity index (χ0v) is 12.4. The molecule has 0 spiro atoms. The normalized spacial score (nSPS) is 18.5. The molecule has 1 aliphatic heterocycles. The number of ether oxygens (including phenoxy) is 1. The Morgan fingerprint density at radius 3 is 2.73 bits per heavy atom. The van der Waals surface area contributed by atoms with E-state index in [2.05, 4.69) is 0 Å². The zero-order chi connectivity index (χ0) is 16.5. The van der Waals surface area contributed by atoms with Gasteiger partial charge in [0, 0.05) is 24.9 Å². The van der Waals surface area contributed by atoms with Crippen LogP contribution in [0, 0.1) is 16.0 Å². The highest BCUT2D eigenvalue weighted by Crippen LogP contribution is 2.40. The summed E-state index contributed by atoms with van der Waals surface area (Å²) in [6, 6.07) is 4.07. The van der Waals surface area contributed by atoms with Gasteiger partial charge in [0.05, 0.1) is 17.8 Å². The molecule has 8 nitrogen and oxygen atoms in total. The van der Waals surface area contributed by atoms with Crippen molar-refractivity contribution in [1.82, 2.24) is 0 Å². The number of hydrogen-bond donors (Lipinski definition) is 0. The second-order valence-electron chi connectivity index (χ2n) is 4.87. The third-order valence-corrected chi connectivity index (χ3v) is 4.17. The quantitative estimate of drug-likeness (QED) is 0.456. The SMILES string of the molecule is COc1cccc([N+](=O)[O-])c1N1CC(CS(=O)(=O)F)CC1=O. The van der Waals surface area contributed by atoms with E-state index in [0.717, 1.165) is 4.90 Å². The number of amides is 1. The molecule has 1 heterocycles. The first-order valence-electron chi connectivity index (χ1n) is 6.27. The molecule has 0 radical (unpaired) electrons. The monoisotopic (exact) mass is 332 g/mol. The number of para-hydroxylation sites is 1. The van der Waals surface area contributed by atoms with Crippen LogP contribution in [0.25, 0.3) is 0 Å². The lowest BCUT2D eigenvalue weighted by Gasteiger charge is -2.19. The van der Waals surface area contributed by atoms with Crippen LogP contribution in [0.4, 0.5) is 15.3 Å². The van der Waals surface area contributed by atoms with E-state index in [-0.39, 0.29) is 30.1 Å². The minimum absolute atomic E-state index is 0.0428. The van der Waals surface area contributed by atoms with Gasteiger partial charge >= 0.3 is 10.2 Å². The molecule has 1 aromatic rings. The summed E-state index contributed by atoms with van der Waals surface area (Å²) in [5.41, 5.74) is -0.379. The molecule has 0 saturated carbocycles. The predicted octanol–water partition coefficient (Wildman–Crippen LogP) is 1.26. The number of methoxy groups -OCH3 is 1. The van der Waals surface area contributed by atoms with Crippen LogP contribution in [0.2, 0.25) is 0 Å². The Balaban J connectivity index is 2.40. The molecular formula is C12H13FN2O6S.